The summed E-state index contributed by atoms with van der Waals surface area (Å²) in [6.45, 7) is 44.2. The second-order valence-electron chi connectivity index (χ2n) is 33.5. The Labute approximate surface area is 675 Å². The Hall–Kier alpha value is -8.95. The molecule has 0 fully saturated rings. The van der Waals surface area contributed by atoms with Crippen molar-refractivity contribution < 1.29 is 87.2 Å². The van der Waals surface area contributed by atoms with Crippen molar-refractivity contribution in [2.75, 3.05) is 27.2 Å². The molecule has 0 aromatic carbocycles. The minimum Gasteiger partial charge on any atom is -0.388 e. The second-order valence-corrected chi connectivity index (χ2v) is 33.5. The molecule has 12 atom stereocenters. The van der Waals surface area contributed by atoms with Crippen molar-refractivity contribution in [3.8, 4) is 0 Å². The van der Waals surface area contributed by atoms with Crippen molar-refractivity contribution in [2.45, 2.75) is 310 Å². The van der Waals surface area contributed by atoms with Crippen LogP contribution in [0.15, 0.2) is 45.1 Å². The van der Waals surface area contributed by atoms with Gasteiger partial charge in [-0.25, -0.2) is 0 Å². The van der Waals surface area contributed by atoms with Gasteiger partial charge >= 0.3 is 0 Å². The van der Waals surface area contributed by atoms with Crippen LogP contribution in [-0.4, -0.2) is 207 Å². The third-order valence-corrected chi connectivity index (χ3v) is 19.8. The van der Waals surface area contributed by atoms with E-state index >= 15 is 0 Å². The number of hydrogen-bond acceptors (Lipinski definition) is 19. The van der Waals surface area contributed by atoms with Crippen LogP contribution in [0.3, 0.4) is 0 Å². The third-order valence-electron chi connectivity index (χ3n) is 19.8. The lowest BCUT2D eigenvalue weighted by molar-refractivity contribution is -0.142. The fourth-order valence-electron chi connectivity index (χ4n) is 11.4. The fourth-order valence-corrected chi connectivity index (χ4v) is 11.4. The molecule has 0 spiro atoms. The van der Waals surface area contributed by atoms with Gasteiger partial charge in [0.1, 0.15) is 76.9 Å². The fraction of sp³-hybridized carbons (Fsp3) is 0.716. The predicted octanol–water partition coefficient (Wildman–Crippen LogP) is 2.87. The van der Waals surface area contributed by atoms with E-state index in [2.05, 4.69) is 74.4 Å². The van der Waals surface area contributed by atoms with Crippen molar-refractivity contribution in [1.29, 1.82) is 0 Å². The van der Waals surface area contributed by atoms with Gasteiger partial charge in [0, 0.05) is 18.5 Å². The predicted molar refractivity (Wildman–Crippen MR) is 435 cm³/mol. The van der Waals surface area contributed by atoms with Gasteiger partial charge < -0.3 is 94.7 Å². The molecule has 0 aromatic heterocycles. The number of rotatable bonds is 47. The normalized spacial score (nSPS) is 16.0. The highest BCUT2D eigenvalue weighted by Crippen LogP contribution is 2.22. The first kappa shape index (κ1) is 105. The van der Waals surface area contributed by atoms with Crippen LogP contribution in [0.25, 0.3) is 0 Å². The van der Waals surface area contributed by atoms with E-state index in [1.54, 1.807) is 104 Å². The molecule has 0 unspecified atom stereocenters. The zero-order valence-electron chi connectivity index (χ0n) is 73.5. The molecule has 0 heterocycles. The third kappa shape index (κ3) is 34.2. The Morgan fingerprint density at radius 3 is 1.19 bits per heavy atom. The van der Waals surface area contributed by atoms with Crippen molar-refractivity contribution in [3.05, 3.63) is 45.1 Å². The highest BCUT2D eigenvalue weighted by atomic mass is 16.3. The molecule has 0 aliphatic carbocycles. The maximum absolute atomic E-state index is 14.6. The molecule has 14 amide bonds. The molecule has 0 bridgehead atoms. The Bertz CT molecular complexity index is 3540. The molecular weight excluding hydrogens is 1470 g/mol. The number of ketones is 1. The molecule has 0 saturated carbocycles. The molecule has 0 aromatic rings. The quantitative estimate of drug-likeness (QED) is 0.0308. The lowest BCUT2D eigenvalue weighted by Gasteiger charge is -2.35. The number of nitrogens with zero attached hydrogens (tertiary/aromatic N) is 1. The summed E-state index contributed by atoms with van der Waals surface area (Å²) in [5, 5.41) is 70.5. The first-order valence-corrected chi connectivity index (χ1v) is 39.7. The molecular formula is C81H141N15O18. The molecule has 17 N–H and O–H groups in total. The first-order chi connectivity index (χ1) is 52.3. The number of aliphatic hydroxyl groups is 3. The van der Waals surface area contributed by atoms with Gasteiger partial charge in [-0.15, -0.1) is 0 Å². The van der Waals surface area contributed by atoms with Gasteiger partial charge in [0.05, 0.1) is 29.8 Å². The number of Topliss-reactive ketones (excluding diaryl/α,β-unsaturated/α-hetero) is 1. The Balaban J connectivity index is 6.82. The summed E-state index contributed by atoms with van der Waals surface area (Å²) in [7, 11) is 3.75. The Morgan fingerprint density at radius 2 is 0.772 bits per heavy atom. The minimum absolute atomic E-state index is 0.0139. The smallest absolute Gasteiger partial charge is 0.268 e. The zero-order valence-corrected chi connectivity index (χ0v) is 73.5. The van der Waals surface area contributed by atoms with E-state index in [4.69, 9.17) is 0 Å². The van der Waals surface area contributed by atoms with Gasteiger partial charge in [-0.2, -0.15) is 0 Å². The number of allylic oxidation sites excluding steroid dienone is 4. The van der Waals surface area contributed by atoms with E-state index in [1.165, 1.54) is 62.3 Å². The van der Waals surface area contributed by atoms with Crippen molar-refractivity contribution >= 4 is 88.5 Å². The van der Waals surface area contributed by atoms with Gasteiger partial charge in [0.2, 0.25) is 59.1 Å². The summed E-state index contributed by atoms with van der Waals surface area (Å²) in [5.41, 5.74) is -5.68. The number of likely N-dealkylation sites (N-methyl/N-ethyl adjacent to an activating group) is 1. The zero-order chi connectivity index (χ0) is 88.9. The second kappa shape index (κ2) is 47.8. The van der Waals surface area contributed by atoms with Gasteiger partial charge in [-0.1, -0.05) is 124 Å². The summed E-state index contributed by atoms with van der Waals surface area (Å²) in [6, 6.07) is -12.5. The van der Waals surface area contributed by atoms with Gasteiger partial charge in [0.25, 0.3) is 23.6 Å². The summed E-state index contributed by atoms with van der Waals surface area (Å²) in [4.78, 5) is 212. The highest BCUT2D eigenvalue weighted by molar-refractivity contribution is 6.07. The monoisotopic (exact) mass is 1610 g/mol. The van der Waals surface area contributed by atoms with Crippen LogP contribution >= 0.6 is 0 Å². The van der Waals surface area contributed by atoms with E-state index in [0.29, 0.717) is 29.7 Å². The lowest BCUT2D eigenvalue weighted by Crippen LogP contribution is -2.66. The van der Waals surface area contributed by atoms with Crippen molar-refractivity contribution in [3.63, 3.8) is 0 Å². The number of carbonyl (C=O) groups excluding carboxylic acids is 15. The van der Waals surface area contributed by atoms with Gasteiger partial charge in [0.15, 0.2) is 0 Å². The standard InChI is InChI=1S/C81H141N15O18/c1-31-46(18)60(92-78(111)66(81(28,114)35-5)86-54(98)37-53(97)50(22)36-40(6)7)68(101)82-38-55(99)85-61(47(19)32-2)74(107)90-59(45(16)17)72(105)91-63(49(21)34-4)75(108)94-65(80(26,27)113)77(110)95-64(79(24,25)112)76(109)93-62(48(20)33-3)73(106)83-51(23)67(100)87-57(43(12)13)70(103)89-58(44(14)15)71(104)88-56(42(10)11)69(102)84-52(41(8)9)39-96(29)30/h40-41,43-45,49-52,57-59,63-66,112-114H,31-39H2,1-30H3,(H,82,101)(H,83,106)(H,84,102)(H,85,99)(H,86,98)(H,87,100)(H,88,104)(H,89,103)(H,90,107)(H,91,105)(H,92,111)(H,93,109)(H,94,108)(H,95,110)/b60-46-,61-47+,62-48+/t49-,50-,51+,52+,57+,58-,59+,63+,64+,65-,66+,81+/m0/s1. The van der Waals surface area contributed by atoms with E-state index in [-0.39, 0.29) is 84.1 Å². The topological polar surface area (TPSA) is 488 Å². The number of hydrogen-bond donors (Lipinski definition) is 17. The van der Waals surface area contributed by atoms with Crippen LogP contribution in [0, 0.1) is 41.4 Å². The summed E-state index contributed by atoms with van der Waals surface area (Å²) in [5.74, 6) is -15.7. The molecule has 33 nitrogen and oxygen atoms in total. The van der Waals surface area contributed by atoms with Crippen LogP contribution in [-0.2, 0) is 71.9 Å². The maximum atomic E-state index is 14.6. The molecule has 0 rings (SSSR count). The van der Waals surface area contributed by atoms with Crippen LogP contribution < -0.4 is 74.4 Å². The average Bonchev–Trinajstić information content (AvgIpc) is 0.827. The first-order valence-electron chi connectivity index (χ1n) is 39.7. The van der Waals surface area contributed by atoms with Crippen LogP contribution in [0.2, 0.25) is 0 Å². The van der Waals surface area contributed by atoms with Crippen molar-refractivity contribution in [1.82, 2.24) is 79.3 Å². The summed E-state index contributed by atoms with van der Waals surface area (Å²) < 4.78 is 0. The maximum Gasteiger partial charge on any atom is 0.268 e. The van der Waals surface area contributed by atoms with Crippen LogP contribution in [0.1, 0.15) is 239 Å². The van der Waals surface area contributed by atoms with Crippen LogP contribution in [0.4, 0.5) is 0 Å². The van der Waals surface area contributed by atoms with Crippen LogP contribution in [0.5, 0.6) is 0 Å². The molecule has 0 aliphatic rings. The number of carbonyl (C=O) groups is 15. The number of amides is 14. The molecule has 0 saturated heterocycles. The van der Waals surface area contributed by atoms with E-state index in [9.17, 15) is 87.2 Å². The molecule has 33 heteroatoms. The molecule has 648 valence electrons. The molecule has 0 aliphatic heterocycles. The lowest BCUT2D eigenvalue weighted by atomic mass is 9.91. The highest BCUT2D eigenvalue weighted by Gasteiger charge is 2.45. The Kier molecular flexibility index (Phi) is 44.0. The van der Waals surface area contributed by atoms with E-state index in [1.807, 2.05) is 46.7 Å². The summed E-state index contributed by atoms with van der Waals surface area (Å²) in [6.07, 6.45) is 0.757. The summed E-state index contributed by atoms with van der Waals surface area (Å²) >= 11 is 0. The molecule has 114 heavy (non-hydrogen) atoms. The SMILES string of the molecule is CC/C(C)=C(\NC(=O)[C@@H](NC(=O)CC(=O)[C@@H](C)CC(C)C)[C@](C)(O)CC)C(=O)NCC(=O)N/C(C(=O)N[C@@H](C(=O)N[C@@H](C(=O)N[C@@H](C(=O)N[C@H](C(=O)N/C(C(=O)N[C@H](C)C(=O)N[C@@H](C(=O)N[C@H](C(=O)NC(C(=O)N[C@H](CN(C)C)C(C)C)=C(C)C)C(C)C)C(C)C)=C(\C)CC)C(C)(C)O)C(C)(C)O)[C@@H](C)CC)C(C)C)=C(\C)CC. The van der Waals surface area contributed by atoms with Gasteiger partial charge in [-0.05, 0) is 180 Å². The average molecular weight is 1610 g/mol. The van der Waals surface area contributed by atoms with Gasteiger partial charge in [-0.3, -0.25) is 71.9 Å². The van der Waals surface area contributed by atoms with E-state index in [0.717, 1.165) is 0 Å². The van der Waals surface area contributed by atoms with E-state index < -0.39 is 190 Å². The minimum atomic E-state index is -2.15. The largest absolute Gasteiger partial charge is 0.388 e. The number of nitrogens with one attached hydrogen (secondary N) is 14. The van der Waals surface area contributed by atoms with Crippen molar-refractivity contribution in [2.24, 2.45) is 41.4 Å². The Morgan fingerprint density at radius 1 is 0.386 bits per heavy atom. The molecule has 0 radical (unpaired) electrons.